The number of carbonyl (C=O) groups excluding carboxylic acids is 2. The van der Waals surface area contributed by atoms with E-state index in [-0.39, 0.29) is 29.3 Å². The van der Waals surface area contributed by atoms with Crippen molar-refractivity contribution in [3.63, 3.8) is 0 Å². The summed E-state index contributed by atoms with van der Waals surface area (Å²) in [6.45, 7) is 7.96. The Bertz CT molecular complexity index is 1470. The number of nitrogens with one attached hydrogen (secondary N) is 2. The lowest BCUT2D eigenvalue weighted by Crippen LogP contribution is -2.67. The van der Waals surface area contributed by atoms with E-state index in [2.05, 4.69) is 32.6 Å². The quantitative estimate of drug-likeness (QED) is 0.165. The first-order valence-corrected chi connectivity index (χ1v) is 16.7. The third-order valence-electron chi connectivity index (χ3n) is 7.42. The molecule has 0 aliphatic carbocycles. The van der Waals surface area contributed by atoms with Crippen molar-refractivity contribution >= 4 is 55.3 Å². The molecule has 1 heterocycles. The molecule has 3 atom stereocenters. The summed E-state index contributed by atoms with van der Waals surface area (Å²) < 4.78 is 36.6. The summed E-state index contributed by atoms with van der Waals surface area (Å²) in [6, 6.07) is 18.9. The number of sulfonamides is 1. The van der Waals surface area contributed by atoms with Gasteiger partial charge in [0.2, 0.25) is 10.0 Å². The molecule has 1 aliphatic rings. The zero-order valence-electron chi connectivity index (χ0n) is 23.3. The molecule has 1 fully saturated rings. The highest BCUT2D eigenvalue weighted by molar-refractivity contribution is 14.1. The molecule has 4 rings (SSSR count). The van der Waals surface area contributed by atoms with Crippen LogP contribution in [0.15, 0.2) is 71.6 Å². The zero-order chi connectivity index (χ0) is 29.1. The molecule has 0 unspecified atom stereocenters. The molecule has 0 bridgehead atoms. The molecule has 1 saturated heterocycles. The summed E-state index contributed by atoms with van der Waals surface area (Å²) in [4.78, 5) is 27.7. The van der Waals surface area contributed by atoms with Crippen molar-refractivity contribution in [1.82, 2.24) is 10.0 Å². The maximum absolute atomic E-state index is 13.9. The van der Waals surface area contributed by atoms with Crippen LogP contribution < -0.4 is 10.0 Å². The van der Waals surface area contributed by atoms with Gasteiger partial charge in [0.25, 0.3) is 5.91 Å². The van der Waals surface area contributed by atoms with Gasteiger partial charge in [-0.15, -0.1) is 0 Å². The average Bonchev–Trinajstić information content (AvgIpc) is 3.04. The second-order valence-electron chi connectivity index (χ2n) is 11.2. The summed E-state index contributed by atoms with van der Waals surface area (Å²) in [5.41, 5.74) is -0.184. The molecule has 9 heteroatoms. The fraction of sp³-hybridized carbons (Fsp3) is 0.419. The highest BCUT2D eigenvalue weighted by Crippen LogP contribution is 2.33. The van der Waals surface area contributed by atoms with Crippen molar-refractivity contribution < 1.29 is 22.7 Å². The van der Waals surface area contributed by atoms with Crippen LogP contribution in [0.25, 0.3) is 10.8 Å². The number of cyclic esters (lactones) is 1. The Morgan fingerprint density at radius 2 is 1.68 bits per heavy atom. The van der Waals surface area contributed by atoms with Gasteiger partial charge in [-0.05, 0) is 71.7 Å². The number of halogens is 1. The van der Waals surface area contributed by atoms with Gasteiger partial charge in [0, 0.05) is 9.99 Å². The van der Waals surface area contributed by atoms with E-state index in [1.165, 1.54) is 0 Å². The van der Waals surface area contributed by atoms with E-state index in [1.54, 1.807) is 36.4 Å². The van der Waals surface area contributed by atoms with Crippen molar-refractivity contribution in [1.29, 1.82) is 0 Å². The number of amides is 1. The van der Waals surface area contributed by atoms with Gasteiger partial charge in [0.1, 0.15) is 6.10 Å². The molecule has 1 aliphatic heterocycles. The molecule has 0 aromatic heterocycles. The normalized spacial score (nSPS) is 21.8. The zero-order valence-corrected chi connectivity index (χ0v) is 26.3. The minimum Gasteiger partial charge on any atom is -0.460 e. The van der Waals surface area contributed by atoms with Gasteiger partial charge in [0.05, 0.1) is 10.9 Å². The Balaban J connectivity index is 1.74. The average molecular weight is 677 g/mol. The molecule has 40 heavy (non-hydrogen) atoms. The number of alkyl halides is 1. The van der Waals surface area contributed by atoms with Gasteiger partial charge < -0.3 is 10.1 Å². The SMILES string of the molecule is CC(C)C[C@@]1(NC(=O)c2ccc3ccccc3c2)C(=O)O[C@H](CI)CC[C@@H]1NS(=O)(=O)c1ccc(C(C)C)cc1. The lowest BCUT2D eigenvalue weighted by Gasteiger charge is -2.39. The molecular weight excluding hydrogens is 639 g/mol. The predicted octanol–water partition coefficient (Wildman–Crippen LogP) is 5.97. The molecular formula is C31H37IN2O5S. The van der Waals surface area contributed by atoms with Crippen LogP contribution in [0.4, 0.5) is 0 Å². The Morgan fingerprint density at radius 1 is 1.00 bits per heavy atom. The first kappa shape index (κ1) is 30.5. The fourth-order valence-electron chi connectivity index (χ4n) is 5.28. The number of esters is 1. The second kappa shape index (κ2) is 12.6. The van der Waals surface area contributed by atoms with Gasteiger partial charge in [0.15, 0.2) is 5.54 Å². The van der Waals surface area contributed by atoms with Crippen LogP contribution in [-0.2, 0) is 19.6 Å². The van der Waals surface area contributed by atoms with E-state index < -0.39 is 33.5 Å². The van der Waals surface area contributed by atoms with Crippen molar-refractivity contribution in [3.8, 4) is 0 Å². The fourth-order valence-corrected chi connectivity index (χ4v) is 7.22. The van der Waals surface area contributed by atoms with Crippen LogP contribution in [0.1, 0.15) is 68.8 Å². The number of hydrogen-bond donors (Lipinski definition) is 2. The Labute approximate surface area is 250 Å². The monoisotopic (exact) mass is 676 g/mol. The van der Waals surface area contributed by atoms with Crippen LogP contribution in [-0.4, -0.2) is 42.4 Å². The smallest absolute Gasteiger partial charge is 0.333 e. The number of hydrogen-bond acceptors (Lipinski definition) is 5. The molecule has 0 radical (unpaired) electrons. The number of fused-ring (bicyclic) bond motifs is 1. The second-order valence-corrected chi connectivity index (χ2v) is 13.8. The first-order valence-electron chi connectivity index (χ1n) is 13.7. The van der Waals surface area contributed by atoms with Crippen molar-refractivity contribution in [2.45, 2.75) is 75.5 Å². The van der Waals surface area contributed by atoms with Gasteiger partial charge in [-0.2, -0.15) is 0 Å². The third-order valence-corrected chi connectivity index (χ3v) is 9.89. The van der Waals surface area contributed by atoms with Gasteiger partial charge >= 0.3 is 5.97 Å². The lowest BCUT2D eigenvalue weighted by atomic mass is 9.80. The maximum Gasteiger partial charge on any atom is 0.333 e. The number of benzene rings is 3. The highest BCUT2D eigenvalue weighted by atomic mass is 127. The molecule has 214 valence electrons. The Morgan fingerprint density at radius 3 is 2.30 bits per heavy atom. The number of carbonyl (C=O) groups is 2. The lowest BCUT2D eigenvalue weighted by molar-refractivity contribution is -0.155. The Kier molecular flexibility index (Phi) is 9.57. The van der Waals surface area contributed by atoms with Gasteiger partial charge in [-0.1, -0.05) is 92.8 Å². The molecule has 1 amide bonds. The molecule has 2 N–H and O–H groups in total. The van der Waals surface area contributed by atoms with Gasteiger partial charge in [-0.25, -0.2) is 17.9 Å². The molecule has 3 aromatic carbocycles. The minimum absolute atomic E-state index is 0.0436. The molecule has 7 nitrogen and oxygen atoms in total. The van der Waals surface area contributed by atoms with E-state index >= 15 is 0 Å². The maximum atomic E-state index is 13.9. The van der Waals surface area contributed by atoms with Crippen LogP contribution in [0.3, 0.4) is 0 Å². The minimum atomic E-state index is -4.01. The predicted molar refractivity (Wildman–Crippen MR) is 166 cm³/mol. The number of rotatable bonds is 9. The van der Waals surface area contributed by atoms with Crippen molar-refractivity contribution in [3.05, 3.63) is 77.9 Å². The van der Waals surface area contributed by atoms with Crippen LogP contribution >= 0.6 is 22.6 Å². The van der Waals surface area contributed by atoms with Crippen LogP contribution in [0, 0.1) is 5.92 Å². The summed E-state index contributed by atoms with van der Waals surface area (Å²) >= 11 is 2.16. The summed E-state index contributed by atoms with van der Waals surface area (Å²) in [6.07, 6.45) is 0.628. The van der Waals surface area contributed by atoms with E-state index in [0.29, 0.717) is 22.8 Å². The van der Waals surface area contributed by atoms with Crippen molar-refractivity contribution in [2.24, 2.45) is 5.92 Å². The van der Waals surface area contributed by atoms with Crippen molar-refractivity contribution in [2.75, 3.05) is 4.43 Å². The summed E-state index contributed by atoms with van der Waals surface area (Å²) in [5.74, 6) is -0.854. The van der Waals surface area contributed by atoms with Crippen LogP contribution in [0.5, 0.6) is 0 Å². The first-order chi connectivity index (χ1) is 18.9. The van der Waals surface area contributed by atoms with Crippen LogP contribution in [0.2, 0.25) is 0 Å². The molecule has 0 spiro atoms. The summed E-state index contributed by atoms with van der Waals surface area (Å²) in [7, 11) is -4.01. The standard InChI is InChI=1S/C31H37IN2O5S/c1-20(2)18-31(33-29(35)25-10-9-23-7-5-6-8-24(23)17-25)28(16-13-26(19-32)39-30(31)36)34-40(37,38)27-14-11-22(12-15-27)21(3)4/h5-12,14-15,17,20-21,26,28,34H,13,16,18-19H2,1-4H3,(H,33,35)/t26-,28-,31-/m0/s1. The van der Waals surface area contributed by atoms with E-state index in [9.17, 15) is 18.0 Å². The summed E-state index contributed by atoms with van der Waals surface area (Å²) in [5, 5.41) is 4.87. The Hall–Kier alpha value is -2.50. The van der Waals surface area contributed by atoms with Gasteiger partial charge in [-0.3, -0.25) is 4.79 Å². The van der Waals surface area contributed by atoms with E-state index in [1.807, 2.05) is 58.0 Å². The third kappa shape index (κ3) is 6.69. The molecule has 0 saturated carbocycles. The topological polar surface area (TPSA) is 102 Å². The molecule has 3 aromatic rings. The largest absolute Gasteiger partial charge is 0.460 e. The highest BCUT2D eigenvalue weighted by Gasteiger charge is 2.52. The number of ether oxygens (including phenoxy) is 1. The van der Waals surface area contributed by atoms with E-state index in [4.69, 9.17) is 4.74 Å². The van der Waals surface area contributed by atoms with E-state index in [0.717, 1.165) is 16.3 Å².